The van der Waals surface area contributed by atoms with Crippen LogP contribution in [0.3, 0.4) is 0 Å². The predicted octanol–water partition coefficient (Wildman–Crippen LogP) is 2.46. The third-order valence-corrected chi connectivity index (χ3v) is 4.44. The molecule has 1 aliphatic carbocycles. The van der Waals surface area contributed by atoms with Gasteiger partial charge in [0.1, 0.15) is 5.82 Å². The summed E-state index contributed by atoms with van der Waals surface area (Å²) in [5.41, 5.74) is 0. The van der Waals surface area contributed by atoms with E-state index < -0.39 is 0 Å². The fourth-order valence-corrected chi connectivity index (χ4v) is 3.02. The van der Waals surface area contributed by atoms with Gasteiger partial charge in [-0.15, -0.1) is 5.10 Å². The summed E-state index contributed by atoms with van der Waals surface area (Å²) in [4.78, 5) is 16.1. The van der Waals surface area contributed by atoms with Crippen LogP contribution < -0.4 is 10.6 Å². The van der Waals surface area contributed by atoms with Crippen molar-refractivity contribution in [1.82, 2.24) is 25.8 Å². The zero-order chi connectivity index (χ0) is 17.5. The standard InChI is InChI=1S/C17H25N5O3/c1-12-5-2-3-6-13(12)25-10-8-18-17(23)19-11-15-20-16(22-21-15)14-7-4-9-24-14/h4,7,9,12-13H,2-3,5-6,8,10-11H2,1H3,(H2,18,19,23)(H,20,21,22)/t12-,13-/m1/s1. The first-order valence-corrected chi connectivity index (χ1v) is 8.81. The highest BCUT2D eigenvalue weighted by Gasteiger charge is 2.21. The third kappa shape index (κ3) is 5.06. The number of aromatic amines is 1. The molecular weight excluding hydrogens is 322 g/mol. The van der Waals surface area contributed by atoms with E-state index in [4.69, 9.17) is 9.15 Å². The van der Waals surface area contributed by atoms with Crippen molar-refractivity contribution in [2.24, 2.45) is 5.92 Å². The first-order valence-electron chi connectivity index (χ1n) is 8.81. The number of amides is 2. The number of nitrogens with one attached hydrogen (secondary N) is 3. The molecule has 2 aromatic rings. The average Bonchev–Trinajstić information content (AvgIpc) is 3.29. The van der Waals surface area contributed by atoms with E-state index in [1.807, 2.05) is 0 Å². The summed E-state index contributed by atoms with van der Waals surface area (Å²) in [6.45, 7) is 3.52. The lowest BCUT2D eigenvalue weighted by Crippen LogP contribution is -2.38. The third-order valence-electron chi connectivity index (χ3n) is 4.44. The van der Waals surface area contributed by atoms with Gasteiger partial charge in [0.05, 0.1) is 25.5 Å². The first kappa shape index (κ1) is 17.5. The minimum atomic E-state index is -0.253. The van der Waals surface area contributed by atoms with Gasteiger partial charge < -0.3 is 19.8 Å². The number of carbonyl (C=O) groups excluding carboxylic acids is 1. The predicted molar refractivity (Wildman–Crippen MR) is 91.7 cm³/mol. The smallest absolute Gasteiger partial charge is 0.315 e. The molecule has 0 bridgehead atoms. The number of urea groups is 1. The van der Waals surface area contributed by atoms with E-state index in [2.05, 4.69) is 32.7 Å². The maximum atomic E-state index is 11.8. The van der Waals surface area contributed by atoms with E-state index in [1.165, 1.54) is 19.3 Å². The normalized spacial score (nSPS) is 20.4. The molecule has 0 unspecified atom stereocenters. The zero-order valence-electron chi connectivity index (χ0n) is 14.5. The summed E-state index contributed by atoms with van der Waals surface area (Å²) in [7, 11) is 0. The van der Waals surface area contributed by atoms with Crippen LogP contribution >= 0.6 is 0 Å². The highest BCUT2D eigenvalue weighted by Crippen LogP contribution is 2.25. The van der Waals surface area contributed by atoms with Crippen molar-refractivity contribution in [3.63, 3.8) is 0 Å². The van der Waals surface area contributed by atoms with Gasteiger partial charge in [-0.25, -0.2) is 9.78 Å². The van der Waals surface area contributed by atoms with E-state index in [-0.39, 0.29) is 12.6 Å². The molecule has 0 aliphatic heterocycles. The molecular formula is C17H25N5O3. The highest BCUT2D eigenvalue weighted by atomic mass is 16.5. The Morgan fingerprint density at radius 3 is 3.08 bits per heavy atom. The number of hydrogen-bond donors (Lipinski definition) is 3. The molecule has 1 saturated carbocycles. The second kappa shape index (κ2) is 8.66. The Morgan fingerprint density at radius 2 is 2.28 bits per heavy atom. The molecule has 1 aliphatic rings. The van der Waals surface area contributed by atoms with Crippen molar-refractivity contribution in [2.45, 2.75) is 45.3 Å². The van der Waals surface area contributed by atoms with Gasteiger partial charge >= 0.3 is 6.03 Å². The van der Waals surface area contributed by atoms with Gasteiger partial charge in [0.15, 0.2) is 5.76 Å². The summed E-state index contributed by atoms with van der Waals surface area (Å²) in [5.74, 6) is 2.23. The number of ether oxygens (including phenoxy) is 1. The highest BCUT2D eigenvalue weighted by molar-refractivity contribution is 5.73. The number of nitrogens with zero attached hydrogens (tertiary/aromatic N) is 2. The summed E-state index contributed by atoms with van der Waals surface area (Å²) in [5, 5.41) is 12.3. The Bertz CT molecular complexity index is 655. The molecule has 2 amide bonds. The summed E-state index contributed by atoms with van der Waals surface area (Å²) in [6, 6.07) is 3.30. The summed E-state index contributed by atoms with van der Waals surface area (Å²) >= 11 is 0. The number of H-pyrrole nitrogens is 1. The Kier molecular flexibility index (Phi) is 6.05. The Balaban J connectivity index is 1.32. The molecule has 2 aromatic heterocycles. The van der Waals surface area contributed by atoms with Gasteiger partial charge in [-0.2, -0.15) is 0 Å². The lowest BCUT2D eigenvalue weighted by molar-refractivity contribution is -0.00243. The van der Waals surface area contributed by atoms with Crippen LogP contribution in [0.2, 0.25) is 0 Å². The van der Waals surface area contributed by atoms with E-state index in [9.17, 15) is 4.79 Å². The van der Waals surface area contributed by atoms with Crippen LogP contribution in [-0.2, 0) is 11.3 Å². The van der Waals surface area contributed by atoms with E-state index in [0.717, 1.165) is 6.42 Å². The molecule has 25 heavy (non-hydrogen) atoms. The first-order chi connectivity index (χ1) is 12.2. The molecule has 2 heterocycles. The molecule has 0 aromatic carbocycles. The van der Waals surface area contributed by atoms with Gasteiger partial charge in [-0.3, -0.25) is 5.10 Å². The Morgan fingerprint density at radius 1 is 1.40 bits per heavy atom. The van der Waals surface area contributed by atoms with Crippen LogP contribution in [0.1, 0.15) is 38.4 Å². The molecule has 2 atom stereocenters. The van der Waals surface area contributed by atoms with Crippen LogP contribution in [0, 0.1) is 5.92 Å². The minimum Gasteiger partial charge on any atom is -0.461 e. The Hall–Kier alpha value is -2.35. The van der Waals surface area contributed by atoms with Crippen molar-refractivity contribution in [2.75, 3.05) is 13.2 Å². The van der Waals surface area contributed by atoms with Crippen molar-refractivity contribution in [3.05, 3.63) is 24.2 Å². The van der Waals surface area contributed by atoms with Gasteiger partial charge in [0, 0.05) is 6.54 Å². The van der Waals surface area contributed by atoms with Gasteiger partial charge in [0.2, 0.25) is 5.82 Å². The van der Waals surface area contributed by atoms with Crippen molar-refractivity contribution in [3.8, 4) is 11.6 Å². The molecule has 3 rings (SSSR count). The SMILES string of the molecule is C[C@@H]1CCCC[C@H]1OCCNC(=O)NCc1nc(-c2ccco2)n[nH]1. The van der Waals surface area contributed by atoms with Crippen LogP contribution in [0.4, 0.5) is 4.79 Å². The molecule has 8 heteroatoms. The fourth-order valence-electron chi connectivity index (χ4n) is 3.02. The summed E-state index contributed by atoms with van der Waals surface area (Å²) < 4.78 is 11.1. The lowest BCUT2D eigenvalue weighted by Gasteiger charge is -2.28. The van der Waals surface area contributed by atoms with E-state index in [1.54, 1.807) is 18.4 Å². The molecule has 0 saturated heterocycles. The van der Waals surface area contributed by atoms with Crippen LogP contribution in [0.15, 0.2) is 22.8 Å². The molecule has 0 radical (unpaired) electrons. The lowest BCUT2D eigenvalue weighted by atomic mass is 9.88. The average molecular weight is 347 g/mol. The summed E-state index contributed by atoms with van der Waals surface area (Å²) in [6.07, 6.45) is 6.78. The second-order valence-electron chi connectivity index (χ2n) is 6.36. The Labute approximate surface area is 146 Å². The van der Waals surface area contributed by atoms with Crippen molar-refractivity contribution < 1.29 is 13.9 Å². The van der Waals surface area contributed by atoms with Crippen LogP contribution in [0.5, 0.6) is 0 Å². The number of rotatable bonds is 7. The molecule has 8 nitrogen and oxygen atoms in total. The maximum absolute atomic E-state index is 11.8. The van der Waals surface area contributed by atoms with Crippen molar-refractivity contribution in [1.29, 1.82) is 0 Å². The molecule has 136 valence electrons. The monoisotopic (exact) mass is 347 g/mol. The van der Waals surface area contributed by atoms with Gasteiger partial charge in [-0.1, -0.05) is 19.8 Å². The largest absolute Gasteiger partial charge is 0.461 e. The van der Waals surface area contributed by atoms with Crippen molar-refractivity contribution >= 4 is 6.03 Å². The van der Waals surface area contributed by atoms with E-state index >= 15 is 0 Å². The second-order valence-corrected chi connectivity index (χ2v) is 6.36. The molecule has 3 N–H and O–H groups in total. The number of hydrogen-bond acceptors (Lipinski definition) is 5. The van der Waals surface area contributed by atoms with Gasteiger partial charge in [-0.05, 0) is 30.9 Å². The van der Waals surface area contributed by atoms with E-state index in [0.29, 0.717) is 42.6 Å². The fraction of sp³-hybridized carbons (Fsp3) is 0.588. The molecule has 0 spiro atoms. The maximum Gasteiger partial charge on any atom is 0.315 e. The number of aromatic nitrogens is 3. The van der Waals surface area contributed by atoms with Crippen LogP contribution in [0.25, 0.3) is 11.6 Å². The number of carbonyl (C=O) groups is 1. The minimum absolute atomic E-state index is 0.253. The zero-order valence-corrected chi connectivity index (χ0v) is 14.5. The number of furan rings is 1. The molecule has 1 fully saturated rings. The topological polar surface area (TPSA) is 105 Å². The van der Waals surface area contributed by atoms with Crippen LogP contribution in [-0.4, -0.2) is 40.5 Å². The van der Waals surface area contributed by atoms with Gasteiger partial charge in [0.25, 0.3) is 0 Å². The quantitative estimate of drug-likeness (QED) is 0.667.